The van der Waals surface area contributed by atoms with Crippen molar-refractivity contribution in [1.29, 1.82) is 0 Å². The summed E-state index contributed by atoms with van der Waals surface area (Å²) in [5.74, 6) is 0. The minimum Gasteiger partial charge on any atom is -0.346 e. The molecule has 0 aromatic carbocycles. The van der Waals surface area contributed by atoms with Crippen LogP contribution in [0.3, 0.4) is 0 Å². The average Bonchev–Trinajstić information content (AvgIpc) is 2.96. The van der Waals surface area contributed by atoms with Crippen LogP contribution in [0.4, 0.5) is 0 Å². The van der Waals surface area contributed by atoms with Gasteiger partial charge in [-0.1, -0.05) is 0 Å². The van der Waals surface area contributed by atoms with Gasteiger partial charge in [0.05, 0.1) is 10.6 Å². The topological polar surface area (TPSA) is 77.3 Å². The Hall–Kier alpha value is -2.56. The highest BCUT2D eigenvalue weighted by Crippen LogP contribution is 2.24. The molecule has 0 aliphatic heterocycles. The van der Waals surface area contributed by atoms with E-state index in [0.29, 0.717) is 5.22 Å². The molecule has 0 bridgehead atoms. The van der Waals surface area contributed by atoms with Gasteiger partial charge in [-0.05, 0) is 43.0 Å². The Morgan fingerprint density at radius 1 is 1.25 bits per heavy atom. The van der Waals surface area contributed by atoms with E-state index in [1.165, 1.54) is 12.0 Å². The molecule has 1 aliphatic rings. The first-order valence-corrected chi connectivity index (χ1v) is 6.75. The van der Waals surface area contributed by atoms with Gasteiger partial charge in [-0.15, -0.1) is 0 Å². The van der Waals surface area contributed by atoms with E-state index in [0.717, 1.165) is 34.8 Å². The molecule has 3 aromatic heterocycles. The average molecular weight is 266 g/mol. The molecule has 5 nitrogen and oxygen atoms in total. The zero-order valence-corrected chi connectivity index (χ0v) is 10.9. The number of aromatic amines is 3. The fourth-order valence-electron chi connectivity index (χ4n) is 2.64. The van der Waals surface area contributed by atoms with E-state index >= 15 is 0 Å². The summed E-state index contributed by atoms with van der Waals surface area (Å²) in [7, 11) is 0. The van der Waals surface area contributed by atoms with Crippen LogP contribution in [0.2, 0.25) is 0 Å². The second-order valence-corrected chi connectivity index (χ2v) is 5.11. The van der Waals surface area contributed by atoms with Crippen molar-refractivity contribution >= 4 is 22.7 Å². The lowest BCUT2D eigenvalue weighted by Crippen LogP contribution is -2.36. The van der Waals surface area contributed by atoms with Crippen LogP contribution in [-0.2, 0) is 0 Å². The smallest absolute Gasteiger partial charge is 0.271 e. The van der Waals surface area contributed by atoms with Gasteiger partial charge in [0.25, 0.3) is 5.56 Å². The molecule has 100 valence electrons. The lowest BCUT2D eigenvalue weighted by molar-refractivity contribution is 0.744. The van der Waals surface area contributed by atoms with Crippen LogP contribution in [0.1, 0.15) is 24.8 Å². The summed E-state index contributed by atoms with van der Waals surface area (Å²) in [6.07, 6.45) is 8.92. The molecule has 3 N–H and O–H groups in total. The molecule has 1 aliphatic carbocycles. The van der Waals surface area contributed by atoms with Crippen LogP contribution in [0, 0.1) is 0 Å². The van der Waals surface area contributed by atoms with Crippen LogP contribution in [0.25, 0.3) is 22.7 Å². The van der Waals surface area contributed by atoms with Crippen LogP contribution in [0.15, 0.2) is 29.3 Å². The van der Waals surface area contributed by atoms with Crippen molar-refractivity contribution < 1.29 is 0 Å². The minimum atomic E-state index is -0.0716. The van der Waals surface area contributed by atoms with Crippen LogP contribution < -0.4 is 16.1 Å². The third-order valence-electron chi connectivity index (χ3n) is 3.91. The molecule has 3 heterocycles. The minimum absolute atomic E-state index is 0.0716. The Kier molecular flexibility index (Phi) is 2.39. The first-order valence-electron chi connectivity index (χ1n) is 6.75. The molecular formula is C15H14N4O. The van der Waals surface area contributed by atoms with E-state index in [4.69, 9.17) is 0 Å². The van der Waals surface area contributed by atoms with Crippen molar-refractivity contribution in [3.8, 4) is 0 Å². The number of aromatic nitrogens is 4. The highest BCUT2D eigenvalue weighted by Gasteiger charge is 2.12. The Labute approximate surface area is 114 Å². The van der Waals surface area contributed by atoms with Gasteiger partial charge in [0, 0.05) is 23.3 Å². The predicted octanol–water partition coefficient (Wildman–Crippen LogP) is 0.743. The second-order valence-electron chi connectivity index (χ2n) is 5.11. The zero-order valence-electron chi connectivity index (χ0n) is 10.9. The summed E-state index contributed by atoms with van der Waals surface area (Å²) in [5, 5.41) is 8.39. The molecule has 1 fully saturated rings. The van der Waals surface area contributed by atoms with Crippen molar-refractivity contribution in [3.05, 3.63) is 51.0 Å². The van der Waals surface area contributed by atoms with Crippen LogP contribution in [-0.4, -0.2) is 20.2 Å². The van der Waals surface area contributed by atoms with Gasteiger partial charge in [0.2, 0.25) is 0 Å². The quantitative estimate of drug-likeness (QED) is 0.607. The van der Waals surface area contributed by atoms with Crippen LogP contribution in [0.5, 0.6) is 0 Å². The molecule has 1 saturated carbocycles. The normalized spacial score (nSPS) is 15.8. The lowest BCUT2D eigenvalue weighted by atomic mass is 9.92. The van der Waals surface area contributed by atoms with Crippen molar-refractivity contribution in [2.75, 3.05) is 0 Å². The van der Waals surface area contributed by atoms with E-state index in [1.807, 2.05) is 24.4 Å². The van der Waals surface area contributed by atoms with Gasteiger partial charge in [-0.2, -0.15) is 0 Å². The summed E-state index contributed by atoms with van der Waals surface area (Å²) < 4.78 is 0. The number of hydrogen-bond acceptors (Lipinski definition) is 2. The van der Waals surface area contributed by atoms with E-state index in [1.54, 1.807) is 6.20 Å². The highest BCUT2D eigenvalue weighted by molar-refractivity contribution is 5.85. The number of fused-ring (bicyclic) bond motifs is 1. The number of rotatable bonds is 1. The molecule has 0 unspecified atom stereocenters. The van der Waals surface area contributed by atoms with E-state index in [2.05, 4.69) is 20.2 Å². The monoisotopic (exact) mass is 266 g/mol. The van der Waals surface area contributed by atoms with Gasteiger partial charge in [-0.3, -0.25) is 15.0 Å². The standard InChI is InChI=1S/C15H14N4O/c20-15-12(13(18-19-15)9-3-1-4-9)7-10-8-17-14-11(10)5-2-6-16-14/h2,5-8,18H,1,3-4H2,(H,16,17)(H,19,20). The fraction of sp³-hybridized carbons (Fsp3) is 0.200. The predicted molar refractivity (Wildman–Crippen MR) is 77.6 cm³/mol. The Morgan fingerprint density at radius 2 is 2.15 bits per heavy atom. The van der Waals surface area contributed by atoms with Gasteiger partial charge >= 0.3 is 0 Å². The van der Waals surface area contributed by atoms with Crippen molar-refractivity contribution in [2.24, 2.45) is 0 Å². The molecule has 0 amide bonds. The summed E-state index contributed by atoms with van der Waals surface area (Å²) >= 11 is 0. The van der Waals surface area contributed by atoms with Gasteiger partial charge in [-0.25, -0.2) is 4.98 Å². The molecular weight excluding hydrogens is 252 g/mol. The van der Waals surface area contributed by atoms with Crippen molar-refractivity contribution in [3.63, 3.8) is 0 Å². The third kappa shape index (κ3) is 1.63. The highest BCUT2D eigenvalue weighted by atomic mass is 16.1. The Morgan fingerprint density at radius 3 is 2.95 bits per heavy atom. The number of hydrogen-bond donors (Lipinski definition) is 3. The largest absolute Gasteiger partial charge is 0.346 e. The Bertz CT molecular complexity index is 952. The fourth-order valence-corrected chi connectivity index (χ4v) is 2.64. The number of nitrogens with one attached hydrogen (secondary N) is 3. The van der Waals surface area contributed by atoms with Gasteiger partial charge in [0.1, 0.15) is 5.65 Å². The van der Waals surface area contributed by atoms with E-state index in [-0.39, 0.29) is 5.56 Å². The van der Waals surface area contributed by atoms with Gasteiger partial charge in [0.15, 0.2) is 0 Å². The van der Waals surface area contributed by atoms with Gasteiger partial charge < -0.3 is 4.98 Å². The summed E-state index contributed by atoms with van der Waals surface area (Å²) in [6.45, 7) is 0. The maximum absolute atomic E-state index is 12.0. The van der Waals surface area contributed by atoms with Crippen molar-refractivity contribution in [1.82, 2.24) is 20.2 Å². The number of H-pyrrole nitrogens is 3. The summed E-state index contributed by atoms with van der Waals surface area (Å²) in [5.41, 5.74) is 3.08. The Balaban J connectivity index is 2.02. The molecule has 0 radical (unpaired) electrons. The first-order chi connectivity index (χ1) is 9.83. The molecule has 4 rings (SSSR count). The molecule has 0 spiro atoms. The lowest BCUT2D eigenvalue weighted by Gasteiger charge is -2.14. The van der Waals surface area contributed by atoms with E-state index in [9.17, 15) is 4.79 Å². The van der Waals surface area contributed by atoms with Crippen molar-refractivity contribution in [2.45, 2.75) is 19.3 Å². The van der Waals surface area contributed by atoms with Crippen LogP contribution >= 0.6 is 0 Å². The molecule has 5 heteroatoms. The molecule has 0 saturated heterocycles. The van der Waals surface area contributed by atoms with E-state index < -0.39 is 0 Å². The summed E-state index contributed by atoms with van der Waals surface area (Å²) in [6, 6.07) is 3.90. The third-order valence-corrected chi connectivity index (χ3v) is 3.91. The maximum atomic E-state index is 12.0. The first kappa shape index (κ1) is 11.3. The molecule has 0 atom stereocenters. The molecule has 3 aromatic rings. The maximum Gasteiger partial charge on any atom is 0.271 e. The molecule has 20 heavy (non-hydrogen) atoms. The SMILES string of the molecule is O=c1[nH][nH]c(=C2CCC2)c1=Cc1c[nH]c2ncccc12. The summed E-state index contributed by atoms with van der Waals surface area (Å²) in [4.78, 5) is 19.4. The number of nitrogens with zero attached hydrogens (tertiary/aromatic N) is 1. The second kappa shape index (κ2) is 4.23. The zero-order chi connectivity index (χ0) is 13.5. The number of pyridine rings is 1.